The maximum Gasteiger partial charge on any atom is 0.286 e. The number of ether oxygens (including phenoxy) is 1. The summed E-state index contributed by atoms with van der Waals surface area (Å²) in [6, 6.07) is 7.84. The first-order valence-electron chi connectivity index (χ1n) is 7.50. The number of methoxy groups -OCH3 is 1. The molecule has 1 aromatic carbocycles. The molecule has 1 aromatic rings. The van der Waals surface area contributed by atoms with Crippen molar-refractivity contribution in [2.75, 3.05) is 7.11 Å². The second-order valence-corrected chi connectivity index (χ2v) is 6.86. The van der Waals surface area contributed by atoms with Gasteiger partial charge in [0.1, 0.15) is 11.0 Å². The van der Waals surface area contributed by atoms with Crippen molar-refractivity contribution in [3.63, 3.8) is 0 Å². The van der Waals surface area contributed by atoms with Gasteiger partial charge >= 0.3 is 0 Å². The maximum atomic E-state index is 12.6. The summed E-state index contributed by atoms with van der Waals surface area (Å²) in [7, 11) is 1.61. The van der Waals surface area contributed by atoms with E-state index in [4.69, 9.17) is 4.74 Å². The van der Waals surface area contributed by atoms with Crippen molar-refractivity contribution in [3.8, 4) is 5.75 Å². The smallest absolute Gasteiger partial charge is 0.286 e. The maximum absolute atomic E-state index is 12.6. The van der Waals surface area contributed by atoms with Gasteiger partial charge in [0.05, 0.1) is 7.11 Å². The number of hydrogen-bond donors (Lipinski definition) is 1. The van der Waals surface area contributed by atoms with Gasteiger partial charge in [-0.05, 0) is 30.5 Å². The Morgan fingerprint density at radius 2 is 2.00 bits per heavy atom. The van der Waals surface area contributed by atoms with E-state index in [-0.39, 0.29) is 29.5 Å². The highest BCUT2D eigenvalue weighted by molar-refractivity contribution is 8.15. The molecular weight excluding hydrogens is 316 g/mol. The van der Waals surface area contributed by atoms with Crippen LogP contribution in [0.5, 0.6) is 5.75 Å². The molecule has 3 amide bonds. The van der Waals surface area contributed by atoms with E-state index in [1.165, 1.54) is 0 Å². The van der Waals surface area contributed by atoms with Crippen molar-refractivity contribution in [3.05, 3.63) is 29.8 Å². The molecule has 1 saturated carbocycles. The number of nitrogens with one attached hydrogen (secondary N) is 1. The molecular formula is C16H18N2O4S. The molecule has 1 aliphatic carbocycles. The van der Waals surface area contributed by atoms with E-state index in [0.717, 1.165) is 35.9 Å². The number of imide groups is 1. The van der Waals surface area contributed by atoms with E-state index in [0.29, 0.717) is 6.54 Å². The molecule has 2 fully saturated rings. The Kier molecular flexibility index (Phi) is 4.56. The Balaban J connectivity index is 1.65. The van der Waals surface area contributed by atoms with E-state index >= 15 is 0 Å². The van der Waals surface area contributed by atoms with Crippen LogP contribution in [0.15, 0.2) is 24.3 Å². The number of benzene rings is 1. The van der Waals surface area contributed by atoms with E-state index < -0.39 is 5.25 Å². The van der Waals surface area contributed by atoms with Crippen LogP contribution in [0.4, 0.5) is 4.79 Å². The summed E-state index contributed by atoms with van der Waals surface area (Å²) in [5, 5.41) is 1.24. The van der Waals surface area contributed by atoms with Crippen LogP contribution in [0.1, 0.15) is 24.8 Å². The molecule has 1 saturated heterocycles. The molecule has 3 rings (SSSR count). The molecule has 2 aliphatic rings. The monoisotopic (exact) mass is 334 g/mol. The Hall–Kier alpha value is -2.02. The molecule has 122 valence electrons. The van der Waals surface area contributed by atoms with Crippen LogP contribution in [-0.4, -0.2) is 40.4 Å². The molecule has 23 heavy (non-hydrogen) atoms. The van der Waals surface area contributed by atoms with Gasteiger partial charge in [-0.2, -0.15) is 0 Å². The molecule has 0 bridgehead atoms. The van der Waals surface area contributed by atoms with Crippen LogP contribution >= 0.6 is 11.8 Å². The lowest BCUT2D eigenvalue weighted by molar-refractivity contribution is -0.134. The summed E-state index contributed by atoms with van der Waals surface area (Å²) in [5.74, 6) is 0.329. The van der Waals surface area contributed by atoms with E-state index in [2.05, 4.69) is 5.32 Å². The largest absolute Gasteiger partial charge is 0.497 e. The zero-order chi connectivity index (χ0) is 16.4. The average Bonchev–Trinajstić information content (AvgIpc) is 3.32. The van der Waals surface area contributed by atoms with Crippen LogP contribution in [0.25, 0.3) is 0 Å². The molecule has 0 radical (unpaired) electrons. The number of hydrogen-bond acceptors (Lipinski definition) is 5. The molecule has 7 heteroatoms. The third kappa shape index (κ3) is 3.85. The van der Waals surface area contributed by atoms with Crippen LogP contribution in [0.3, 0.4) is 0 Å². The lowest BCUT2D eigenvalue weighted by Gasteiger charge is -2.23. The van der Waals surface area contributed by atoms with Gasteiger partial charge in [-0.3, -0.25) is 19.7 Å². The first kappa shape index (κ1) is 15.9. The minimum atomic E-state index is -0.605. The highest BCUT2D eigenvalue weighted by Gasteiger charge is 2.38. The van der Waals surface area contributed by atoms with Crippen molar-refractivity contribution in [1.29, 1.82) is 0 Å². The van der Waals surface area contributed by atoms with Crippen molar-refractivity contribution in [1.82, 2.24) is 10.2 Å². The molecule has 0 spiro atoms. The Morgan fingerprint density at radius 1 is 1.30 bits per heavy atom. The molecule has 1 aliphatic heterocycles. The highest BCUT2D eigenvalue weighted by atomic mass is 32.2. The Bertz CT molecular complexity index is 627. The third-order valence-electron chi connectivity index (χ3n) is 3.95. The van der Waals surface area contributed by atoms with Gasteiger partial charge in [0.25, 0.3) is 5.24 Å². The fraction of sp³-hybridized carbons (Fsp3) is 0.438. The van der Waals surface area contributed by atoms with Gasteiger partial charge in [-0.15, -0.1) is 0 Å². The summed E-state index contributed by atoms with van der Waals surface area (Å²) >= 11 is 0.899. The first-order chi connectivity index (χ1) is 11.1. The van der Waals surface area contributed by atoms with Gasteiger partial charge in [0.2, 0.25) is 11.8 Å². The Morgan fingerprint density at radius 3 is 2.52 bits per heavy atom. The average molecular weight is 334 g/mol. The van der Waals surface area contributed by atoms with Crippen molar-refractivity contribution in [2.45, 2.75) is 37.1 Å². The summed E-state index contributed by atoms with van der Waals surface area (Å²) < 4.78 is 5.13. The summed E-state index contributed by atoms with van der Waals surface area (Å²) in [4.78, 5) is 37.2. The van der Waals surface area contributed by atoms with Gasteiger partial charge in [-0.1, -0.05) is 23.9 Å². The summed E-state index contributed by atoms with van der Waals surface area (Å²) in [6.07, 6.45) is 2.05. The molecule has 1 atom stereocenters. The fourth-order valence-electron chi connectivity index (χ4n) is 2.54. The van der Waals surface area contributed by atoms with Gasteiger partial charge in [0, 0.05) is 19.0 Å². The van der Waals surface area contributed by atoms with Crippen LogP contribution in [0.2, 0.25) is 0 Å². The van der Waals surface area contributed by atoms with E-state index in [1.807, 2.05) is 29.2 Å². The summed E-state index contributed by atoms with van der Waals surface area (Å²) in [6.45, 7) is 0.514. The predicted octanol–water partition coefficient (Wildman–Crippen LogP) is 1.93. The van der Waals surface area contributed by atoms with E-state index in [9.17, 15) is 14.4 Å². The van der Waals surface area contributed by atoms with Gasteiger partial charge < -0.3 is 9.64 Å². The minimum Gasteiger partial charge on any atom is -0.497 e. The lowest BCUT2D eigenvalue weighted by atomic mass is 10.1. The first-order valence-corrected chi connectivity index (χ1v) is 8.38. The molecule has 1 heterocycles. The van der Waals surface area contributed by atoms with Gasteiger partial charge in [0.15, 0.2) is 0 Å². The summed E-state index contributed by atoms with van der Waals surface area (Å²) in [5.41, 5.74) is 1.02. The van der Waals surface area contributed by atoms with Gasteiger partial charge in [-0.25, -0.2) is 0 Å². The second-order valence-electron chi connectivity index (χ2n) is 5.69. The normalized spacial score (nSPS) is 20.3. The highest BCUT2D eigenvalue weighted by Crippen LogP contribution is 2.31. The predicted molar refractivity (Wildman–Crippen MR) is 86.1 cm³/mol. The number of carbonyl (C=O) groups is 3. The topological polar surface area (TPSA) is 75.7 Å². The molecule has 1 N–H and O–H groups in total. The third-order valence-corrected chi connectivity index (χ3v) is 4.93. The van der Waals surface area contributed by atoms with E-state index in [1.54, 1.807) is 7.11 Å². The van der Waals surface area contributed by atoms with Crippen molar-refractivity contribution < 1.29 is 19.1 Å². The lowest BCUT2D eigenvalue weighted by Crippen LogP contribution is -2.36. The fourth-order valence-corrected chi connectivity index (χ4v) is 3.35. The standard InChI is InChI=1S/C16H18N2O4S/c1-22-12-6-2-10(3-7-12)9-18(11-4-5-11)14(19)8-13-15(20)17-16(21)23-13/h2-3,6-7,11,13H,4-5,8-9H2,1H3,(H,17,20,21). The zero-order valence-electron chi connectivity index (χ0n) is 12.8. The van der Waals surface area contributed by atoms with Crippen LogP contribution in [-0.2, 0) is 16.1 Å². The quantitative estimate of drug-likeness (QED) is 0.860. The number of nitrogens with zero attached hydrogens (tertiary/aromatic N) is 1. The molecule has 1 unspecified atom stereocenters. The number of rotatable bonds is 6. The number of carbonyl (C=O) groups excluding carboxylic acids is 3. The number of thioether (sulfide) groups is 1. The van der Waals surface area contributed by atoms with Crippen molar-refractivity contribution in [2.24, 2.45) is 0 Å². The zero-order valence-corrected chi connectivity index (χ0v) is 13.6. The SMILES string of the molecule is COc1ccc(CN(C(=O)CC2SC(=O)NC2=O)C2CC2)cc1. The molecule has 0 aromatic heterocycles. The van der Waals surface area contributed by atoms with Crippen LogP contribution in [0, 0.1) is 0 Å². The second kappa shape index (κ2) is 6.62. The molecule has 6 nitrogen and oxygen atoms in total. The minimum absolute atomic E-state index is 0.0644. The number of amides is 3. The van der Waals surface area contributed by atoms with Crippen molar-refractivity contribution >= 4 is 28.8 Å². The van der Waals surface area contributed by atoms with Crippen LogP contribution < -0.4 is 10.1 Å². The Labute approximate surface area is 138 Å².